The van der Waals surface area contributed by atoms with Gasteiger partial charge in [0.05, 0.1) is 6.61 Å². The number of hydrogen-bond donors (Lipinski definition) is 1. The molecule has 1 aromatic carbocycles. The van der Waals surface area contributed by atoms with Crippen LogP contribution in [-0.4, -0.2) is 24.2 Å². The van der Waals surface area contributed by atoms with Crippen LogP contribution in [0.15, 0.2) is 36.5 Å². The number of ether oxygens (including phenoxy) is 1. The van der Waals surface area contributed by atoms with Crippen LogP contribution < -0.4 is 10.1 Å². The van der Waals surface area contributed by atoms with Crippen molar-refractivity contribution in [2.45, 2.75) is 38.1 Å². The molecule has 0 spiro atoms. The third-order valence-electron chi connectivity index (χ3n) is 3.68. The standard InChI is InChI=1S/C17H22N2O/c1(2-11-18-15-9-10-15)3-13-20-16-8-4-6-14-7-5-12-19-17(14)16/h4-8,12,15,18H,1-3,9-11,13H2. The zero-order chi connectivity index (χ0) is 13.6. The predicted molar refractivity (Wildman–Crippen MR) is 82.1 cm³/mol. The van der Waals surface area contributed by atoms with Gasteiger partial charge in [-0.25, -0.2) is 0 Å². The Morgan fingerprint density at radius 2 is 2.00 bits per heavy atom. The molecule has 1 fully saturated rings. The fourth-order valence-electron chi connectivity index (χ4n) is 2.37. The van der Waals surface area contributed by atoms with Crippen molar-refractivity contribution in [1.29, 1.82) is 0 Å². The van der Waals surface area contributed by atoms with Crippen molar-refractivity contribution in [2.24, 2.45) is 0 Å². The molecule has 1 N–H and O–H groups in total. The van der Waals surface area contributed by atoms with Crippen LogP contribution in [0.5, 0.6) is 5.75 Å². The van der Waals surface area contributed by atoms with Crippen molar-refractivity contribution >= 4 is 10.9 Å². The van der Waals surface area contributed by atoms with Crippen LogP contribution in [0.3, 0.4) is 0 Å². The molecule has 1 aliphatic carbocycles. The van der Waals surface area contributed by atoms with Gasteiger partial charge in [0.1, 0.15) is 11.3 Å². The summed E-state index contributed by atoms with van der Waals surface area (Å²) in [5.41, 5.74) is 0.963. The minimum absolute atomic E-state index is 0.777. The van der Waals surface area contributed by atoms with Crippen LogP contribution in [0.25, 0.3) is 10.9 Å². The Labute approximate surface area is 120 Å². The number of para-hydroxylation sites is 1. The van der Waals surface area contributed by atoms with Crippen LogP contribution in [0.1, 0.15) is 32.1 Å². The molecule has 1 heterocycles. The number of aromatic nitrogens is 1. The van der Waals surface area contributed by atoms with E-state index >= 15 is 0 Å². The highest BCUT2D eigenvalue weighted by Crippen LogP contribution is 2.23. The molecule has 3 heteroatoms. The van der Waals surface area contributed by atoms with Gasteiger partial charge in [0.15, 0.2) is 0 Å². The van der Waals surface area contributed by atoms with Crippen LogP contribution in [0.2, 0.25) is 0 Å². The van der Waals surface area contributed by atoms with Gasteiger partial charge in [-0.1, -0.05) is 18.2 Å². The summed E-state index contributed by atoms with van der Waals surface area (Å²) in [5, 5.41) is 4.68. The molecule has 20 heavy (non-hydrogen) atoms. The lowest BCUT2D eigenvalue weighted by Crippen LogP contribution is -2.17. The highest BCUT2D eigenvalue weighted by molar-refractivity contribution is 5.84. The SMILES string of the molecule is c1cnc2c(OCCCCCNC3CC3)cccc2c1. The molecule has 106 valence electrons. The second kappa shape index (κ2) is 6.71. The maximum Gasteiger partial charge on any atom is 0.145 e. The molecule has 0 bridgehead atoms. The van der Waals surface area contributed by atoms with Crippen LogP contribution >= 0.6 is 0 Å². The Bertz CT molecular complexity index is 546. The van der Waals surface area contributed by atoms with E-state index in [0.29, 0.717) is 0 Å². The van der Waals surface area contributed by atoms with Gasteiger partial charge in [0, 0.05) is 17.6 Å². The Hall–Kier alpha value is -1.61. The molecule has 1 aromatic heterocycles. The molecule has 1 aliphatic rings. The smallest absolute Gasteiger partial charge is 0.145 e. The molecule has 0 aliphatic heterocycles. The van der Waals surface area contributed by atoms with Gasteiger partial charge in [-0.3, -0.25) is 4.98 Å². The van der Waals surface area contributed by atoms with E-state index in [2.05, 4.69) is 22.4 Å². The molecule has 2 aromatic rings. The highest BCUT2D eigenvalue weighted by Gasteiger charge is 2.19. The predicted octanol–water partition coefficient (Wildman–Crippen LogP) is 3.54. The zero-order valence-corrected chi connectivity index (χ0v) is 11.8. The van der Waals surface area contributed by atoms with Gasteiger partial charge in [-0.2, -0.15) is 0 Å². The van der Waals surface area contributed by atoms with Crippen molar-refractivity contribution in [1.82, 2.24) is 10.3 Å². The second-order valence-electron chi connectivity index (χ2n) is 5.47. The molecule has 3 nitrogen and oxygen atoms in total. The number of fused-ring (bicyclic) bond motifs is 1. The van der Waals surface area contributed by atoms with Gasteiger partial charge in [-0.15, -0.1) is 0 Å². The maximum absolute atomic E-state index is 5.88. The minimum Gasteiger partial charge on any atom is -0.491 e. The van der Waals surface area contributed by atoms with E-state index in [0.717, 1.165) is 42.3 Å². The number of unbranched alkanes of at least 4 members (excludes halogenated alkanes) is 2. The Morgan fingerprint density at radius 1 is 1.10 bits per heavy atom. The van der Waals surface area contributed by atoms with E-state index in [1.165, 1.54) is 25.7 Å². The Balaban J connectivity index is 1.40. The normalized spacial score (nSPS) is 14.6. The van der Waals surface area contributed by atoms with Gasteiger partial charge < -0.3 is 10.1 Å². The molecule has 0 unspecified atom stereocenters. The van der Waals surface area contributed by atoms with E-state index in [4.69, 9.17) is 4.74 Å². The van der Waals surface area contributed by atoms with Crippen molar-refractivity contribution in [2.75, 3.05) is 13.2 Å². The Kier molecular flexibility index (Phi) is 4.49. The maximum atomic E-state index is 5.88. The molecular weight excluding hydrogens is 248 g/mol. The lowest BCUT2D eigenvalue weighted by molar-refractivity contribution is 0.307. The minimum atomic E-state index is 0.777. The summed E-state index contributed by atoms with van der Waals surface area (Å²) in [6, 6.07) is 11.0. The van der Waals surface area contributed by atoms with Gasteiger partial charge >= 0.3 is 0 Å². The summed E-state index contributed by atoms with van der Waals surface area (Å²) in [6.45, 7) is 1.93. The quantitative estimate of drug-likeness (QED) is 0.745. The number of nitrogens with zero attached hydrogens (tertiary/aromatic N) is 1. The molecule has 0 atom stereocenters. The molecule has 0 saturated heterocycles. The number of hydrogen-bond acceptors (Lipinski definition) is 3. The fourth-order valence-corrected chi connectivity index (χ4v) is 2.37. The monoisotopic (exact) mass is 270 g/mol. The summed E-state index contributed by atoms with van der Waals surface area (Å²) >= 11 is 0. The number of benzene rings is 1. The summed E-state index contributed by atoms with van der Waals surface area (Å²) in [6.07, 6.45) is 8.13. The van der Waals surface area contributed by atoms with E-state index in [1.807, 2.05) is 24.4 Å². The van der Waals surface area contributed by atoms with Gasteiger partial charge in [0.2, 0.25) is 0 Å². The average Bonchev–Trinajstić information content (AvgIpc) is 3.30. The molecule has 0 amide bonds. The first-order valence-corrected chi connectivity index (χ1v) is 7.63. The molecule has 3 rings (SSSR count). The van der Waals surface area contributed by atoms with Crippen LogP contribution in [-0.2, 0) is 0 Å². The number of nitrogens with one attached hydrogen (secondary N) is 1. The van der Waals surface area contributed by atoms with Crippen molar-refractivity contribution < 1.29 is 4.74 Å². The summed E-state index contributed by atoms with van der Waals surface area (Å²) in [7, 11) is 0. The van der Waals surface area contributed by atoms with Crippen molar-refractivity contribution in [3.8, 4) is 5.75 Å². The third kappa shape index (κ3) is 3.70. The Morgan fingerprint density at radius 3 is 2.90 bits per heavy atom. The fraction of sp³-hybridized carbons (Fsp3) is 0.471. The first kappa shape index (κ1) is 13.4. The largest absolute Gasteiger partial charge is 0.491 e. The number of pyridine rings is 1. The molecule has 1 saturated carbocycles. The van der Waals surface area contributed by atoms with Gasteiger partial charge in [-0.05, 0) is 50.8 Å². The van der Waals surface area contributed by atoms with Gasteiger partial charge in [0.25, 0.3) is 0 Å². The lowest BCUT2D eigenvalue weighted by Gasteiger charge is -2.08. The van der Waals surface area contributed by atoms with E-state index in [-0.39, 0.29) is 0 Å². The average molecular weight is 270 g/mol. The van der Waals surface area contributed by atoms with Crippen molar-refractivity contribution in [3.63, 3.8) is 0 Å². The van der Waals surface area contributed by atoms with E-state index in [1.54, 1.807) is 0 Å². The summed E-state index contributed by atoms with van der Waals surface area (Å²) < 4.78 is 5.88. The second-order valence-corrected chi connectivity index (χ2v) is 5.47. The summed E-state index contributed by atoms with van der Waals surface area (Å²) in [5.74, 6) is 0.902. The van der Waals surface area contributed by atoms with Crippen LogP contribution in [0, 0.1) is 0 Å². The molecular formula is C17H22N2O. The van der Waals surface area contributed by atoms with E-state index in [9.17, 15) is 0 Å². The number of rotatable bonds is 8. The lowest BCUT2D eigenvalue weighted by atomic mass is 10.2. The zero-order valence-electron chi connectivity index (χ0n) is 11.8. The first-order chi connectivity index (χ1) is 9.93. The topological polar surface area (TPSA) is 34.1 Å². The third-order valence-corrected chi connectivity index (χ3v) is 3.68. The van der Waals surface area contributed by atoms with E-state index < -0.39 is 0 Å². The summed E-state index contributed by atoms with van der Waals surface area (Å²) in [4.78, 5) is 4.40. The van der Waals surface area contributed by atoms with Crippen molar-refractivity contribution in [3.05, 3.63) is 36.5 Å². The van der Waals surface area contributed by atoms with Crippen LogP contribution in [0.4, 0.5) is 0 Å². The first-order valence-electron chi connectivity index (χ1n) is 7.63. The molecule has 0 radical (unpaired) electrons. The highest BCUT2D eigenvalue weighted by atomic mass is 16.5.